The van der Waals surface area contributed by atoms with Gasteiger partial charge in [-0.25, -0.2) is 4.79 Å². The van der Waals surface area contributed by atoms with Crippen LogP contribution < -0.4 is 0 Å². The van der Waals surface area contributed by atoms with E-state index in [1.165, 1.54) is 4.90 Å². The Hall–Kier alpha value is -2.45. The van der Waals surface area contributed by atoms with Gasteiger partial charge in [0.25, 0.3) is 0 Å². The Morgan fingerprint density at radius 3 is 2.21 bits per heavy atom. The van der Waals surface area contributed by atoms with Gasteiger partial charge < -0.3 is 18.9 Å². The van der Waals surface area contributed by atoms with Gasteiger partial charge in [0.2, 0.25) is 0 Å². The van der Waals surface area contributed by atoms with Crippen LogP contribution in [0.2, 0.25) is 0 Å². The summed E-state index contributed by atoms with van der Waals surface area (Å²) in [5.41, 5.74) is 0.435. The fraction of sp³-hybridized carbons (Fsp3) is 0.654. The molecule has 0 aromatic heterocycles. The van der Waals surface area contributed by atoms with Crippen molar-refractivity contribution in [1.82, 2.24) is 4.90 Å². The van der Waals surface area contributed by atoms with Crippen LogP contribution >= 0.6 is 0 Å². The highest BCUT2D eigenvalue weighted by Crippen LogP contribution is 2.28. The average molecular weight is 476 g/mol. The first-order valence-corrected chi connectivity index (χ1v) is 12.1. The van der Waals surface area contributed by atoms with Crippen molar-refractivity contribution in [3.63, 3.8) is 0 Å². The van der Waals surface area contributed by atoms with Crippen molar-refractivity contribution in [3.8, 4) is 0 Å². The predicted molar refractivity (Wildman–Crippen MR) is 125 cm³/mol. The summed E-state index contributed by atoms with van der Waals surface area (Å²) in [6.45, 7) is 7.71. The van der Waals surface area contributed by atoms with E-state index in [-0.39, 0.29) is 37.7 Å². The summed E-state index contributed by atoms with van der Waals surface area (Å²) in [5, 5.41) is 0. The number of esters is 1. The van der Waals surface area contributed by atoms with Crippen LogP contribution in [-0.4, -0.2) is 66.4 Å². The van der Waals surface area contributed by atoms with E-state index in [0.717, 1.165) is 31.2 Å². The minimum Gasteiger partial charge on any atom is -0.465 e. The molecule has 2 aliphatic rings. The van der Waals surface area contributed by atoms with Gasteiger partial charge in [-0.2, -0.15) is 0 Å². The molecule has 1 amide bonds. The molecule has 1 aliphatic carbocycles. The highest BCUT2D eigenvalue weighted by Gasteiger charge is 2.48. The van der Waals surface area contributed by atoms with Crippen molar-refractivity contribution in [2.45, 2.75) is 83.8 Å². The number of hydrogen-bond acceptors (Lipinski definition) is 7. The third-order valence-corrected chi connectivity index (χ3v) is 6.07. The number of amides is 1. The molecule has 0 radical (unpaired) electrons. The Morgan fingerprint density at radius 2 is 1.62 bits per heavy atom. The lowest BCUT2D eigenvalue weighted by Crippen LogP contribution is -2.44. The van der Waals surface area contributed by atoms with Gasteiger partial charge in [-0.3, -0.25) is 14.5 Å². The molecule has 8 heteroatoms. The lowest BCUT2D eigenvalue weighted by atomic mass is 9.94. The van der Waals surface area contributed by atoms with Gasteiger partial charge in [0.05, 0.1) is 32.0 Å². The van der Waals surface area contributed by atoms with Crippen molar-refractivity contribution in [1.29, 1.82) is 0 Å². The van der Waals surface area contributed by atoms with E-state index in [0.29, 0.717) is 6.61 Å². The van der Waals surface area contributed by atoms with Gasteiger partial charge in [0.15, 0.2) is 5.78 Å². The summed E-state index contributed by atoms with van der Waals surface area (Å²) in [4.78, 5) is 39.3. The summed E-state index contributed by atoms with van der Waals surface area (Å²) in [7, 11) is 0. The van der Waals surface area contributed by atoms with Crippen LogP contribution in [-0.2, 0) is 35.1 Å². The molecular formula is C26H37NO7. The second kappa shape index (κ2) is 11.8. The zero-order valence-corrected chi connectivity index (χ0v) is 20.7. The van der Waals surface area contributed by atoms with E-state index < -0.39 is 29.6 Å². The van der Waals surface area contributed by atoms with Gasteiger partial charge in [-0.1, -0.05) is 30.3 Å². The first-order chi connectivity index (χ1) is 16.2. The zero-order chi connectivity index (χ0) is 24.7. The Labute approximate surface area is 201 Å². The number of benzene rings is 1. The van der Waals surface area contributed by atoms with E-state index in [9.17, 15) is 14.4 Å². The topological polar surface area (TPSA) is 91.4 Å². The first-order valence-electron chi connectivity index (χ1n) is 12.1. The minimum absolute atomic E-state index is 0.0218. The molecule has 8 nitrogen and oxygen atoms in total. The smallest absolute Gasteiger partial charge is 0.411 e. The number of rotatable bonds is 8. The van der Waals surface area contributed by atoms with Crippen LogP contribution in [0.25, 0.3) is 0 Å². The Bertz CT molecular complexity index is 827. The first kappa shape index (κ1) is 26.2. The molecular weight excluding hydrogens is 438 g/mol. The normalized spacial score (nSPS) is 25.3. The molecule has 188 valence electrons. The fourth-order valence-corrected chi connectivity index (χ4v) is 4.31. The van der Waals surface area contributed by atoms with Crippen LogP contribution in [0.4, 0.5) is 4.79 Å². The second-order valence-electron chi connectivity index (χ2n) is 9.88. The molecule has 1 saturated heterocycles. The van der Waals surface area contributed by atoms with Crippen molar-refractivity contribution in [2.75, 3.05) is 19.8 Å². The van der Waals surface area contributed by atoms with Crippen molar-refractivity contribution in [3.05, 3.63) is 35.9 Å². The number of hydrogen-bond donors (Lipinski definition) is 0. The Balaban J connectivity index is 1.52. The van der Waals surface area contributed by atoms with Gasteiger partial charge in [0, 0.05) is 6.54 Å². The third-order valence-electron chi connectivity index (χ3n) is 6.07. The van der Waals surface area contributed by atoms with Crippen LogP contribution in [0.3, 0.4) is 0 Å². The van der Waals surface area contributed by atoms with Crippen LogP contribution in [0, 0.1) is 5.92 Å². The minimum atomic E-state index is -1.01. The molecule has 3 rings (SSSR count). The number of carbonyl (C=O) groups is 3. The van der Waals surface area contributed by atoms with E-state index in [1.807, 2.05) is 30.3 Å². The predicted octanol–water partition coefficient (Wildman–Crippen LogP) is 3.90. The summed E-state index contributed by atoms with van der Waals surface area (Å²) in [6.07, 6.45) is 2.90. The maximum absolute atomic E-state index is 13.0. The van der Waals surface area contributed by atoms with Crippen molar-refractivity contribution < 1.29 is 33.3 Å². The van der Waals surface area contributed by atoms with E-state index in [1.54, 1.807) is 27.7 Å². The van der Waals surface area contributed by atoms with Crippen LogP contribution in [0.5, 0.6) is 0 Å². The number of ketones is 1. The Kier molecular flexibility index (Phi) is 9.08. The lowest BCUT2D eigenvalue weighted by Gasteiger charge is -2.31. The number of nitrogens with zero attached hydrogens (tertiary/aromatic N) is 1. The SMILES string of the molecule is CCOC(=O)C1CN(C(=O)OC(C)(C)C)C(COC2CCC(OCc3ccccc3)CC2)C1=O. The van der Waals surface area contributed by atoms with E-state index in [4.69, 9.17) is 18.9 Å². The Morgan fingerprint density at radius 1 is 1.00 bits per heavy atom. The molecule has 1 saturated carbocycles. The van der Waals surface area contributed by atoms with Gasteiger partial charge >= 0.3 is 12.1 Å². The largest absolute Gasteiger partial charge is 0.465 e. The van der Waals surface area contributed by atoms with Crippen LogP contribution in [0.15, 0.2) is 30.3 Å². The third kappa shape index (κ3) is 7.27. The summed E-state index contributed by atoms with van der Waals surface area (Å²) in [6, 6.07) is 9.22. The summed E-state index contributed by atoms with van der Waals surface area (Å²) in [5.74, 6) is -1.98. The molecule has 2 unspecified atom stereocenters. The van der Waals surface area contributed by atoms with Gasteiger partial charge in [0.1, 0.15) is 17.6 Å². The highest BCUT2D eigenvalue weighted by atomic mass is 16.6. The monoisotopic (exact) mass is 475 g/mol. The van der Waals surface area contributed by atoms with Crippen molar-refractivity contribution >= 4 is 17.8 Å². The summed E-state index contributed by atoms with van der Waals surface area (Å²) >= 11 is 0. The number of carbonyl (C=O) groups excluding carboxylic acids is 3. The zero-order valence-electron chi connectivity index (χ0n) is 20.7. The quantitative estimate of drug-likeness (QED) is 0.416. The molecule has 34 heavy (non-hydrogen) atoms. The standard InChI is InChI=1S/C26H37NO7/c1-5-31-24(29)21-15-27(25(30)34-26(2,3)4)22(23(21)28)17-33-20-13-11-19(12-14-20)32-16-18-9-7-6-8-10-18/h6-10,19-22H,5,11-17H2,1-4H3. The molecule has 0 bridgehead atoms. The van der Waals surface area contributed by atoms with Gasteiger partial charge in [-0.15, -0.1) is 0 Å². The maximum atomic E-state index is 13.0. The van der Waals surface area contributed by atoms with Gasteiger partial charge in [-0.05, 0) is 58.9 Å². The molecule has 1 aliphatic heterocycles. The van der Waals surface area contributed by atoms with E-state index in [2.05, 4.69) is 0 Å². The van der Waals surface area contributed by atoms with Crippen molar-refractivity contribution in [2.24, 2.45) is 5.92 Å². The van der Waals surface area contributed by atoms with E-state index >= 15 is 0 Å². The number of Topliss-reactive ketones (excluding diaryl/α,β-unsaturated/α-hetero) is 1. The summed E-state index contributed by atoms with van der Waals surface area (Å²) < 4.78 is 22.6. The molecule has 2 fully saturated rings. The maximum Gasteiger partial charge on any atom is 0.411 e. The number of likely N-dealkylation sites (tertiary alicyclic amines) is 1. The highest BCUT2D eigenvalue weighted by molar-refractivity contribution is 6.05. The fourth-order valence-electron chi connectivity index (χ4n) is 4.31. The molecule has 0 N–H and O–H groups in total. The lowest BCUT2D eigenvalue weighted by molar-refractivity contribution is -0.150. The molecule has 0 spiro atoms. The number of ether oxygens (including phenoxy) is 4. The van der Waals surface area contributed by atoms with Crippen LogP contribution in [0.1, 0.15) is 58.9 Å². The molecule has 1 aromatic carbocycles. The molecule has 1 heterocycles. The molecule has 1 aromatic rings. The molecule has 2 atom stereocenters. The second-order valence-corrected chi connectivity index (χ2v) is 9.88. The average Bonchev–Trinajstić information content (AvgIpc) is 3.13.